The second-order valence-electron chi connectivity index (χ2n) is 6.17. The maximum absolute atomic E-state index is 14.3. The highest BCUT2D eigenvalue weighted by Gasteiger charge is 2.35. The molecule has 0 aliphatic carbocycles. The van der Waals surface area contributed by atoms with E-state index in [9.17, 15) is 9.18 Å². The summed E-state index contributed by atoms with van der Waals surface area (Å²) in [6.45, 7) is 9.91. The second kappa shape index (κ2) is 11.0. The van der Waals surface area contributed by atoms with Gasteiger partial charge in [-0.3, -0.25) is 4.79 Å². The lowest BCUT2D eigenvalue weighted by molar-refractivity contribution is -0.143. The zero-order chi connectivity index (χ0) is 21.3. The van der Waals surface area contributed by atoms with E-state index < -0.39 is 23.2 Å². The van der Waals surface area contributed by atoms with Crippen molar-refractivity contribution in [2.24, 2.45) is 0 Å². The van der Waals surface area contributed by atoms with Gasteiger partial charge in [0.25, 0.3) is 0 Å². The molecule has 1 atom stereocenters. The molecule has 152 valence electrons. The Balaban J connectivity index is 0.00000190. The van der Waals surface area contributed by atoms with E-state index >= 15 is 0 Å². The van der Waals surface area contributed by atoms with Gasteiger partial charge in [-0.05, 0) is 24.4 Å². The number of hydrogen-bond acceptors (Lipinski definition) is 6. The molecule has 2 rings (SSSR count). The Morgan fingerprint density at radius 3 is 2.71 bits per heavy atom. The third kappa shape index (κ3) is 5.91. The van der Waals surface area contributed by atoms with Crippen LogP contribution in [0.1, 0.15) is 51.5 Å². The SMILES string of the molecule is CC.CCOC(=O)CC(Nc1nc(Cl)c(C#N)cc1F)C(C)(C)c1cccs1. The molecule has 1 N–H and O–H groups in total. The van der Waals surface area contributed by atoms with Gasteiger partial charge in [-0.1, -0.05) is 45.4 Å². The molecule has 0 bridgehead atoms. The monoisotopic (exact) mass is 425 g/mol. The Kier molecular flexibility index (Phi) is 9.36. The van der Waals surface area contributed by atoms with E-state index in [1.165, 1.54) is 0 Å². The molecular formula is C20H25ClFN3O2S. The normalized spacial score (nSPS) is 11.6. The number of anilines is 1. The van der Waals surface area contributed by atoms with Gasteiger partial charge in [0.2, 0.25) is 0 Å². The molecule has 0 aromatic carbocycles. The smallest absolute Gasteiger partial charge is 0.307 e. The lowest BCUT2D eigenvalue weighted by atomic mass is 9.81. The fourth-order valence-corrected chi connectivity index (χ4v) is 3.59. The van der Waals surface area contributed by atoms with Crippen molar-refractivity contribution in [1.82, 2.24) is 4.98 Å². The number of esters is 1. The van der Waals surface area contributed by atoms with Crippen molar-refractivity contribution >= 4 is 34.7 Å². The molecule has 0 saturated heterocycles. The predicted octanol–water partition coefficient (Wildman–Crippen LogP) is 5.54. The van der Waals surface area contributed by atoms with Gasteiger partial charge in [-0.15, -0.1) is 11.3 Å². The number of nitrogens with zero attached hydrogens (tertiary/aromatic N) is 2. The van der Waals surface area contributed by atoms with Gasteiger partial charge >= 0.3 is 5.97 Å². The number of thiophene rings is 1. The van der Waals surface area contributed by atoms with Crippen LogP contribution in [0.2, 0.25) is 5.15 Å². The predicted molar refractivity (Wildman–Crippen MR) is 111 cm³/mol. The van der Waals surface area contributed by atoms with Crippen LogP contribution < -0.4 is 5.32 Å². The number of aromatic nitrogens is 1. The maximum atomic E-state index is 14.3. The van der Waals surface area contributed by atoms with Crippen LogP contribution >= 0.6 is 22.9 Å². The van der Waals surface area contributed by atoms with Gasteiger partial charge < -0.3 is 10.1 Å². The molecule has 2 aromatic heterocycles. The highest BCUT2D eigenvalue weighted by Crippen LogP contribution is 2.34. The molecule has 0 fully saturated rings. The fraction of sp³-hybridized carbons (Fsp3) is 0.450. The quantitative estimate of drug-likeness (QED) is 0.465. The summed E-state index contributed by atoms with van der Waals surface area (Å²) in [6.07, 6.45) is 0.0253. The largest absolute Gasteiger partial charge is 0.466 e. The molecule has 0 aliphatic heterocycles. The van der Waals surface area contributed by atoms with Crippen LogP contribution in [-0.4, -0.2) is 23.6 Å². The van der Waals surface area contributed by atoms with Crippen LogP contribution in [0, 0.1) is 17.1 Å². The number of ether oxygens (including phenoxy) is 1. The number of rotatable bonds is 7. The molecule has 1 unspecified atom stereocenters. The first-order chi connectivity index (χ1) is 13.3. The van der Waals surface area contributed by atoms with Crippen LogP contribution in [0.15, 0.2) is 23.6 Å². The van der Waals surface area contributed by atoms with Crippen molar-refractivity contribution in [3.8, 4) is 6.07 Å². The first kappa shape index (κ1) is 23.9. The van der Waals surface area contributed by atoms with Crippen LogP contribution in [0.5, 0.6) is 0 Å². The number of nitriles is 1. The summed E-state index contributed by atoms with van der Waals surface area (Å²) in [6, 6.07) is 6.19. The summed E-state index contributed by atoms with van der Waals surface area (Å²) in [5.41, 5.74) is -0.552. The Bertz CT molecular complexity index is 820. The van der Waals surface area contributed by atoms with Gasteiger partial charge in [0.1, 0.15) is 11.2 Å². The molecular weight excluding hydrogens is 401 g/mol. The van der Waals surface area contributed by atoms with E-state index in [-0.39, 0.29) is 29.6 Å². The summed E-state index contributed by atoms with van der Waals surface area (Å²) in [5, 5.41) is 13.8. The highest BCUT2D eigenvalue weighted by atomic mass is 35.5. The van der Waals surface area contributed by atoms with Crippen molar-refractivity contribution in [3.63, 3.8) is 0 Å². The van der Waals surface area contributed by atoms with Gasteiger partial charge in [-0.25, -0.2) is 9.37 Å². The standard InChI is InChI=1S/C18H19ClFN3O2S.C2H6/c1-4-25-15(24)9-13(18(2,3)14-6-5-7-26-14)22-17-12(20)8-11(10-21)16(19)23-17;1-2/h5-8,13H,4,9H2,1-3H3,(H,22,23);1-2H3. The molecule has 0 amide bonds. The summed E-state index contributed by atoms with van der Waals surface area (Å²) in [7, 11) is 0. The molecule has 8 heteroatoms. The van der Waals surface area contributed by atoms with E-state index in [4.69, 9.17) is 21.6 Å². The third-order valence-corrected chi connectivity index (χ3v) is 5.56. The number of carbonyl (C=O) groups is 1. The molecule has 28 heavy (non-hydrogen) atoms. The zero-order valence-corrected chi connectivity index (χ0v) is 18.2. The Labute approximate surface area is 174 Å². The molecule has 2 heterocycles. The summed E-state index contributed by atoms with van der Waals surface area (Å²) in [5.74, 6) is -1.20. The van der Waals surface area contributed by atoms with Crippen molar-refractivity contribution < 1.29 is 13.9 Å². The lowest BCUT2D eigenvalue weighted by Gasteiger charge is -2.34. The van der Waals surface area contributed by atoms with E-state index in [0.29, 0.717) is 0 Å². The maximum Gasteiger partial charge on any atom is 0.307 e. The lowest BCUT2D eigenvalue weighted by Crippen LogP contribution is -2.41. The second-order valence-corrected chi connectivity index (χ2v) is 7.48. The van der Waals surface area contributed by atoms with Crippen molar-refractivity contribution in [2.75, 3.05) is 11.9 Å². The minimum absolute atomic E-state index is 0.0253. The Morgan fingerprint density at radius 1 is 1.50 bits per heavy atom. The van der Waals surface area contributed by atoms with Crippen molar-refractivity contribution in [3.05, 3.63) is 45.0 Å². The minimum atomic E-state index is -0.707. The minimum Gasteiger partial charge on any atom is -0.466 e. The van der Waals surface area contributed by atoms with Gasteiger partial charge in [-0.2, -0.15) is 5.26 Å². The first-order valence-electron chi connectivity index (χ1n) is 9.01. The first-order valence-corrected chi connectivity index (χ1v) is 10.3. The molecule has 2 aromatic rings. The van der Waals surface area contributed by atoms with Gasteiger partial charge in [0, 0.05) is 16.3 Å². The van der Waals surface area contributed by atoms with Crippen LogP contribution in [0.3, 0.4) is 0 Å². The van der Waals surface area contributed by atoms with E-state index in [1.807, 2.05) is 45.2 Å². The van der Waals surface area contributed by atoms with E-state index in [1.54, 1.807) is 24.3 Å². The van der Waals surface area contributed by atoms with E-state index in [0.717, 1.165) is 10.9 Å². The van der Waals surface area contributed by atoms with Gasteiger partial charge in [0.15, 0.2) is 11.6 Å². The fourth-order valence-electron chi connectivity index (χ4n) is 2.50. The van der Waals surface area contributed by atoms with Crippen LogP contribution in [0.4, 0.5) is 10.2 Å². The molecule has 0 aliphatic rings. The number of hydrogen-bond donors (Lipinski definition) is 1. The number of nitrogens with one attached hydrogen (secondary N) is 1. The number of halogens is 2. The molecule has 5 nitrogen and oxygen atoms in total. The van der Waals surface area contributed by atoms with Crippen LogP contribution in [0.25, 0.3) is 0 Å². The van der Waals surface area contributed by atoms with Crippen molar-refractivity contribution in [1.29, 1.82) is 5.26 Å². The van der Waals surface area contributed by atoms with Crippen molar-refractivity contribution in [2.45, 2.75) is 52.5 Å². The molecule has 0 saturated carbocycles. The summed E-state index contributed by atoms with van der Waals surface area (Å²) in [4.78, 5) is 17.0. The van der Waals surface area contributed by atoms with Gasteiger partial charge in [0.05, 0.1) is 18.6 Å². The molecule has 0 radical (unpaired) electrons. The number of carbonyl (C=O) groups excluding carboxylic acids is 1. The summed E-state index contributed by atoms with van der Waals surface area (Å²) < 4.78 is 19.4. The molecule has 0 spiro atoms. The topological polar surface area (TPSA) is 75.0 Å². The average Bonchev–Trinajstić information content (AvgIpc) is 3.21. The highest BCUT2D eigenvalue weighted by molar-refractivity contribution is 7.10. The van der Waals surface area contributed by atoms with Crippen LogP contribution in [-0.2, 0) is 14.9 Å². The third-order valence-electron chi connectivity index (χ3n) is 4.06. The Hall–Kier alpha value is -2.17. The number of pyridine rings is 1. The zero-order valence-electron chi connectivity index (χ0n) is 16.7. The summed E-state index contributed by atoms with van der Waals surface area (Å²) >= 11 is 7.47. The Morgan fingerprint density at radius 2 is 2.18 bits per heavy atom. The van der Waals surface area contributed by atoms with E-state index in [2.05, 4.69) is 10.3 Å². The average molecular weight is 426 g/mol.